The molecule has 3 atom stereocenters. The summed E-state index contributed by atoms with van der Waals surface area (Å²) in [5, 5.41) is 3.02. The van der Waals surface area contributed by atoms with E-state index >= 15 is 0 Å². The molecule has 4 rings (SSSR count). The first kappa shape index (κ1) is 12.6. The average Bonchev–Trinajstić information content (AvgIpc) is 3.17. The minimum absolute atomic E-state index is 0.116. The molecule has 0 spiro atoms. The zero-order valence-corrected chi connectivity index (χ0v) is 11.7. The number of pyridine rings is 1. The highest BCUT2D eigenvalue weighted by molar-refractivity contribution is 5.96. The van der Waals surface area contributed by atoms with E-state index in [1.165, 1.54) is 31.9 Å². The predicted molar refractivity (Wildman–Crippen MR) is 78.0 cm³/mol. The molecular formula is C15H18N4O2. The number of hydrogen-bond donors (Lipinski definition) is 3. The SMILES string of the molecule is O=C(NC[C@@H]1C[C@H]2CC[C@H]1C2)c1cnc2[nH]c(=O)[nH]c2c1. The highest BCUT2D eigenvalue weighted by Crippen LogP contribution is 2.47. The van der Waals surface area contributed by atoms with Crippen molar-refractivity contribution >= 4 is 17.1 Å². The number of carbonyl (C=O) groups excluding carboxylic acids is 1. The summed E-state index contributed by atoms with van der Waals surface area (Å²) in [6, 6.07) is 1.66. The van der Waals surface area contributed by atoms with Crippen LogP contribution in [-0.2, 0) is 0 Å². The molecule has 1 amide bonds. The fourth-order valence-electron chi connectivity index (χ4n) is 4.00. The lowest BCUT2D eigenvalue weighted by Gasteiger charge is -2.21. The lowest BCUT2D eigenvalue weighted by atomic mass is 9.89. The highest BCUT2D eigenvalue weighted by Gasteiger charge is 2.39. The van der Waals surface area contributed by atoms with Gasteiger partial charge in [0.25, 0.3) is 5.91 Å². The first-order valence-electron chi connectivity index (χ1n) is 7.55. The molecule has 0 aromatic carbocycles. The van der Waals surface area contributed by atoms with Crippen LogP contribution in [0.4, 0.5) is 0 Å². The van der Waals surface area contributed by atoms with Gasteiger partial charge in [0, 0.05) is 12.7 Å². The molecule has 2 heterocycles. The second-order valence-electron chi connectivity index (χ2n) is 6.34. The molecule has 2 aliphatic rings. The maximum absolute atomic E-state index is 12.2. The maximum Gasteiger partial charge on any atom is 0.325 e. The molecule has 2 aromatic heterocycles. The number of rotatable bonds is 3. The van der Waals surface area contributed by atoms with Crippen LogP contribution in [0.15, 0.2) is 17.1 Å². The Morgan fingerprint density at radius 1 is 1.33 bits per heavy atom. The lowest BCUT2D eigenvalue weighted by Crippen LogP contribution is -2.31. The predicted octanol–water partition coefficient (Wildman–Crippen LogP) is 1.42. The minimum Gasteiger partial charge on any atom is -0.352 e. The third-order valence-electron chi connectivity index (χ3n) is 5.04. The van der Waals surface area contributed by atoms with Crippen LogP contribution in [0.2, 0.25) is 0 Å². The Morgan fingerprint density at radius 3 is 3.00 bits per heavy atom. The second-order valence-corrected chi connectivity index (χ2v) is 6.34. The van der Waals surface area contributed by atoms with Gasteiger partial charge < -0.3 is 10.3 Å². The third kappa shape index (κ3) is 2.24. The fraction of sp³-hybridized carbons (Fsp3) is 0.533. The summed E-state index contributed by atoms with van der Waals surface area (Å²) >= 11 is 0. The van der Waals surface area contributed by atoms with Crippen molar-refractivity contribution in [2.75, 3.05) is 6.54 Å². The molecule has 2 aliphatic carbocycles. The molecule has 2 bridgehead atoms. The molecule has 110 valence electrons. The molecule has 2 fully saturated rings. The number of nitrogens with zero attached hydrogens (tertiary/aromatic N) is 1. The summed E-state index contributed by atoms with van der Waals surface area (Å²) < 4.78 is 0. The van der Waals surface area contributed by atoms with E-state index in [1.54, 1.807) is 6.07 Å². The van der Waals surface area contributed by atoms with Crippen LogP contribution in [0, 0.1) is 17.8 Å². The van der Waals surface area contributed by atoms with Gasteiger partial charge in [-0.2, -0.15) is 0 Å². The van der Waals surface area contributed by atoms with Gasteiger partial charge in [0.2, 0.25) is 0 Å². The number of amides is 1. The van der Waals surface area contributed by atoms with Gasteiger partial charge in [-0.3, -0.25) is 9.78 Å². The molecule has 3 N–H and O–H groups in total. The number of nitrogens with one attached hydrogen (secondary N) is 3. The molecule has 2 aromatic rings. The van der Waals surface area contributed by atoms with Crippen LogP contribution in [0.3, 0.4) is 0 Å². The van der Waals surface area contributed by atoms with E-state index in [9.17, 15) is 9.59 Å². The van der Waals surface area contributed by atoms with Crippen molar-refractivity contribution in [2.45, 2.75) is 25.7 Å². The second kappa shape index (κ2) is 4.72. The Morgan fingerprint density at radius 2 is 2.24 bits per heavy atom. The van der Waals surface area contributed by atoms with E-state index in [-0.39, 0.29) is 11.6 Å². The molecule has 2 saturated carbocycles. The molecule has 21 heavy (non-hydrogen) atoms. The minimum atomic E-state index is -0.308. The summed E-state index contributed by atoms with van der Waals surface area (Å²) in [4.78, 5) is 32.7. The summed E-state index contributed by atoms with van der Waals surface area (Å²) in [6.07, 6.45) is 6.80. The molecule has 0 unspecified atom stereocenters. The molecule has 0 saturated heterocycles. The molecule has 0 aliphatic heterocycles. The summed E-state index contributed by atoms with van der Waals surface area (Å²) in [6.45, 7) is 0.752. The average molecular weight is 286 g/mol. The summed E-state index contributed by atoms with van der Waals surface area (Å²) in [5.41, 5.74) is 1.22. The van der Waals surface area contributed by atoms with E-state index in [1.807, 2.05) is 0 Å². The van der Waals surface area contributed by atoms with Crippen molar-refractivity contribution in [3.8, 4) is 0 Å². The Bertz CT molecular complexity index is 747. The molecule has 6 heteroatoms. The van der Waals surface area contributed by atoms with E-state index < -0.39 is 0 Å². The van der Waals surface area contributed by atoms with Crippen LogP contribution in [-0.4, -0.2) is 27.4 Å². The molecule has 6 nitrogen and oxygen atoms in total. The van der Waals surface area contributed by atoms with Crippen LogP contribution in [0.1, 0.15) is 36.0 Å². The lowest BCUT2D eigenvalue weighted by molar-refractivity contribution is 0.0941. The van der Waals surface area contributed by atoms with Crippen LogP contribution in [0.25, 0.3) is 11.2 Å². The fourth-order valence-corrected chi connectivity index (χ4v) is 4.00. The van der Waals surface area contributed by atoms with Crippen molar-refractivity contribution in [2.24, 2.45) is 17.8 Å². The van der Waals surface area contributed by atoms with Gasteiger partial charge in [-0.15, -0.1) is 0 Å². The quantitative estimate of drug-likeness (QED) is 0.797. The normalized spacial score (nSPS) is 27.3. The Labute approximate surface area is 121 Å². The van der Waals surface area contributed by atoms with E-state index in [0.717, 1.165) is 18.4 Å². The van der Waals surface area contributed by atoms with Gasteiger partial charge >= 0.3 is 5.69 Å². The van der Waals surface area contributed by atoms with Crippen molar-refractivity contribution in [1.82, 2.24) is 20.3 Å². The first-order chi connectivity index (χ1) is 10.2. The van der Waals surface area contributed by atoms with Crippen molar-refractivity contribution < 1.29 is 4.79 Å². The Hall–Kier alpha value is -2.11. The van der Waals surface area contributed by atoms with Crippen LogP contribution in [0.5, 0.6) is 0 Å². The zero-order valence-electron chi connectivity index (χ0n) is 11.7. The Balaban J connectivity index is 1.44. The largest absolute Gasteiger partial charge is 0.352 e. The van der Waals surface area contributed by atoms with Gasteiger partial charge in [-0.25, -0.2) is 9.78 Å². The molecular weight excluding hydrogens is 268 g/mol. The standard InChI is InChI=1S/C15H18N4O2/c20-14(17-6-10-4-8-1-2-9(10)3-8)11-5-12-13(16-7-11)19-15(21)18-12/h5,7-10H,1-4,6H2,(H,17,20)(H2,16,18,19,21)/t8-,9-,10-/m0/s1. The van der Waals surface area contributed by atoms with E-state index in [4.69, 9.17) is 0 Å². The monoisotopic (exact) mass is 286 g/mol. The van der Waals surface area contributed by atoms with Crippen LogP contribution < -0.4 is 11.0 Å². The topological polar surface area (TPSA) is 90.6 Å². The van der Waals surface area contributed by atoms with Crippen molar-refractivity contribution in [3.05, 3.63) is 28.3 Å². The smallest absolute Gasteiger partial charge is 0.325 e. The van der Waals surface area contributed by atoms with Gasteiger partial charge in [0.05, 0.1) is 11.1 Å². The van der Waals surface area contributed by atoms with Gasteiger partial charge in [-0.05, 0) is 43.1 Å². The Kier molecular flexibility index (Phi) is 2.83. The third-order valence-corrected chi connectivity index (χ3v) is 5.04. The number of aromatic nitrogens is 3. The summed E-state index contributed by atoms with van der Waals surface area (Å²) in [7, 11) is 0. The molecule has 0 radical (unpaired) electrons. The first-order valence-corrected chi connectivity index (χ1v) is 7.55. The zero-order chi connectivity index (χ0) is 14.4. The number of H-pyrrole nitrogens is 2. The number of fused-ring (bicyclic) bond motifs is 3. The van der Waals surface area contributed by atoms with E-state index in [0.29, 0.717) is 22.6 Å². The van der Waals surface area contributed by atoms with Gasteiger partial charge in [-0.1, -0.05) is 6.42 Å². The maximum atomic E-state index is 12.2. The number of imidazole rings is 1. The van der Waals surface area contributed by atoms with Gasteiger partial charge in [0.1, 0.15) is 0 Å². The number of hydrogen-bond acceptors (Lipinski definition) is 3. The number of carbonyl (C=O) groups is 1. The van der Waals surface area contributed by atoms with Crippen molar-refractivity contribution in [1.29, 1.82) is 0 Å². The van der Waals surface area contributed by atoms with E-state index in [2.05, 4.69) is 20.3 Å². The number of aromatic amines is 2. The highest BCUT2D eigenvalue weighted by atomic mass is 16.2. The van der Waals surface area contributed by atoms with Crippen LogP contribution >= 0.6 is 0 Å². The summed E-state index contributed by atoms with van der Waals surface area (Å²) in [5.74, 6) is 2.21. The van der Waals surface area contributed by atoms with Gasteiger partial charge in [0.15, 0.2) is 5.65 Å². The van der Waals surface area contributed by atoms with Crippen molar-refractivity contribution in [3.63, 3.8) is 0 Å².